The van der Waals surface area contributed by atoms with Crippen molar-refractivity contribution in [1.82, 2.24) is 0 Å². The average Bonchev–Trinajstić information content (AvgIpc) is 3.16. The van der Waals surface area contributed by atoms with Gasteiger partial charge in [0, 0.05) is 28.6 Å². The molecule has 0 fully saturated rings. The van der Waals surface area contributed by atoms with Crippen LogP contribution in [0.3, 0.4) is 0 Å². The predicted octanol–water partition coefficient (Wildman–Crippen LogP) is 5.25. The summed E-state index contributed by atoms with van der Waals surface area (Å²) in [5.74, 6) is 0.790. The van der Waals surface area contributed by atoms with E-state index in [4.69, 9.17) is 32.4 Å². The largest absolute Gasteiger partial charge is 0.472 e. The van der Waals surface area contributed by atoms with Gasteiger partial charge in [0.2, 0.25) is 0 Å². The van der Waals surface area contributed by atoms with E-state index < -0.39 is 0 Å². The first kappa shape index (κ1) is 17.0. The third-order valence-electron chi connectivity index (χ3n) is 5.52. The normalized spacial score (nSPS) is 15.6. The maximum absolute atomic E-state index is 12.3. The molecule has 5 rings (SSSR count). The minimum atomic E-state index is -0.207. The minimum absolute atomic E-state index is 0.207. The second-order valence-electron chi connectivity index (χ2n) is 7.11. The predicted molar refractivity (Wildman–Crippen MR) is 107 cm³/mol. The summed E-state index contributed by atoms with van der Waals surface area (Å²) >= 11 is 12.6. The molecule has 0 N–H and O–H groups in total. The maximum atomic E-state index is 12.3. The number of aryl methyl sites for hydroxylation is 2. The average molecular weight is 402 g/mol. The molecule has 3 aromatic rings. The smallest absolute Gasteiger partial charge is 0.339 e. The van der Waals surface area contributed by atoms with Crippen molar-refractivity contribution in [3.63, 3.8) is 0 Å². The van der Waals surface area contributed by atoms with Crippen LogP contribution in [0.1, 0.15) is 28.7 Å². The Kier molecular flexibility index (Phi) is 3.88. The van der Waals surface area contributed by atoms with Gasteiger partial charge in [-0.1, -0.05) is 29.3 Å². The first-order valence-electron chi connectivity index (χ1n) is 8.97. The number of halogens is 2. The number of anilines is 1. The summed E-state index contributed by atoms with van der Waals surface area (Å²) in [6, 6.07) is 7.70. The SMILES string of the molecule is Cc1c2c(cc3c4c(c(=O)oc13)CCC4)CN(c1cccc(Cl)c1Cl)CO2. The number of fused-ring (bicyclic) bond motifs is 4. The van der Waals surface area contributed by atoms with E-state index in [2.05, 4.69) is 11.0 Å². The quantitative estimate of drug-likeness (QED) is 0.522. The van der Waals surface area contributed by atoms with E-state index in [1.165, 1.54) is 0 Å². The van der Waals surface area contributed by atoms with Gasteiger partial charge in [-0.2, -0.15) is 0 Å². The molecule has 2 aliphatic rings. The van der Waals surface area contributed by atoms with E-state index in [1.807, 2.05) is 19.1 Å². The molecule has 0 bridgehead atoms. The Labute approximate surface area is 166 Å². The zero-order chi connectivity index (χ0) is 18.7. The van der Waals surface area contributed by atoms with Gasteiger partial charge in [0.25, 0.3) is 0 Å². The molecule has 0 amide bonds. The fourth-order valence-electron chi connectivity index (χ4n) is 4.23. The molecule has 0 atom stereocenters. The molecule has 0 saturated carbocycles. The summed E-state index contributed by atoms with van der Waals surface area (Å²) < 4.78 is 11.7. The van der Waals surface area contributed by atoms with E-state index in [-0.39, 0.29) is 5.63 Å². The Morgan fingerprint density at radius 1 is 1.15 bits per heavy atom. The molecule has 2 heterocycles. The van der Waals surface area contributed by atoms with Gasteiger partial charge < -0.3 is 14.1 Å². The summed E-state index contributed by atoms with van der Waals surface area (Å²) in [5, 5.41) is 2.07. The highest BCUT2D eigenvalue weighted by Gasteiger charge is 2.27. The Hall–Kier alpha value is -2.17. The molecule has 138 valence electrons. The number of ether oxygens (including phenoxy) is 1. The van der Waals surface area contributed by atoms with E-state index in [0.29, 0.717) is 28.9 Å². The van der Waals surface area contributed by atoms with Crippen molar-refractivity contribution in [2.75, 3.05) is 11.6 Å². The van der Waals surface area contributed by atoms with Crippen molar-refractivity contribution in [2.24, 2.45) is 0 Å². The van der Waals surface area contributed by atoms with Crippen molar-refractivity contribution >= 4 is 39.9 Å². The number of nitrogens with zero attached hydrogens (tertiary/aromatic N) is 1. The third-order valence-corrected chi connectivity index (χ3v) is 6.33. The Balaban J connectivity index is 1.66. The second kappa shape index (κ2) is 6.18. The van der Waals surface area contributed by atoms with Crippen LogP contribution in [0.5, 0.6) is 5.75 Å². The van der Waals surface area contributed by atoms with Gasteiger partial charge in [-0.15, -0.1) is 0 Å². The standard InChI is InChI=1S/C21H17Cl2NO3/c1-11-19-12(8-15-13-4-2-5-14(13)21(25)27-20(11)15)9-24(10-26-19)17-7-3-6-16(22)18(17)23/h3,6-8H,2,4-5,9-10H2,1H3. The zero-order valence-corrected chi connectivity index (χ0v) is 16.3. The van der Waals surface area contributed by atoms with Gasteiger partial charge in [-0.25, -0.2) is 4.79 Å². The molecule has 1 aliphatic heterocycles. The molecule has 4 nitrogen and oxygen atoms in total. The fraction of sp³-hybridized carbons (Fsp3) is 0.286. The molecule has 0 saturated heterocycles. The Bertz CT molecular complexity index is 1150. The van der Waals surface area contributed by atoms with Crippen molar-refractivity contribution in [1.29, 1.82) is 0 Å². The van der Waals surface area contributed by atoms with Crippen LogP contribution in [0.4, 0.5) is 5.69 Å². The van der Waals surface area contributed by atoms with Crippen LogP contribution in [0, 0.1) is 6.92 Å². The highest BCUT2D eigenvalue weighted by molar-refractivity contribution is 6.43. The lowest BCUT2D eigenvalue weighted by Crippen LogP contribution is -2.32. The van der Waals surface area contributed by atoms with Gasteiger partial charge in [-0.3, -0.25) is 0 Å². The van der Waals surface area contributed by atoms with E-state index in [0.717, 1.165) is 58.3 Å². The minimum Gasteiger partial charge on any atom is -0.472 e. The van der Waals surface area contributed by atoms with Gasteiger partial charge in [0.15, 0.2) is 6.73 Å². The summed E-state index contributed by atoms with van der Waals surface area (Å²) in [6.07, 6.45) is 2.71. The molecule has 0 spiro atoms. The number of rotatable bonds is 1. The molecule has 1 aliphatic carbocycles. The molecule has 0 radical (unpaired) electrons. The highest BCUT2D eigenvalue weighted by Crippen LogP contribution is 2.40. The maximum Gasteiger partial charge on any atom is 0.339 e. The molecule has 0 unspecified atom stereocenters. The van der Waals surface area contributed by atoms with Gasteiger partial charge in [-0.05, 0) is 49.9 Å². The molecular formula is C21H17Cl2NO3. The van der Waals surface area contributed by atoms with E-state index >= 15 is 0 Å². The van der Waals surface area contributed by atoms with Crippen LogP contribution < -0.4 is 15.3 Å². The number of hydrogen-bond donors (Lipinski definition) is 0. The van der Waals surface area contributed by atoms with Crippen LogP contribution in [-0.4, -0.2) is 6.73 Å². The monoisotopic (exact) mass is 401 g/mol. The Morgan fingerprint density at radius 2 is 1.96 bits per heavy atom. The summed E-state index contributed by atoms with van der Waals surface area (Å²) in [6.45, 7) is 2.96. The molecule has 1 aromatic heterocycles. The van der Waals surface area contributed by atoms with Crippen molar-refractivity contribution in [3.8, 4) is 5.75 Å². The summed E-state index contributed by atoms with van der Waals surface area (Å²) in [4.78, 5) is 14.4. The first-order valence-corrected chi connectivity index (χ1v) is 9.73. The zero-order valence-electron chi connectivity index (χ0n) is 14.8. The van der Waals surface area contributed by atoms with Crippen LogP contribution in [0.15, 0.2) is 33.5 Å². The lowest BCUT2D eigenvalue weighted by molar-refractivity contribution is 0.287. The fourth-order valence-corrected chi connectivity index (χ4v) is 4.65. The van der Waals surface area contributed by atoms with Crippen molar-refractivity contribution in [3.05, 3.63) is 67.0 Å². The topological polar surface area (TPSA) is 42.7 Å². The van der Waals surface area contributed by atoms with E-state index in [1.54, 1.807) is 6.07 Å². The summed E-state index contributed by atoms with van der Waals surface area (Å²) in [5.41, 5.74) is 5.18. The first-order chi connectivity index (χ1) is 13.0. The lowest BCUT2D eigenvalue weighted by atomic mass is 9.99. The Morgan fingerprint density at radius 3 is 2.81 bits per heavy atom. The number of hydrogen-bond acceptors (Lipinski definition) is 4. The van der Waals surface area contributed by atoms with Crippen LogP contribution in [0.2, 0.25) is 10.0 Å². The van der Waals surface area contributed by atoms with Gasteiger partial charge in [0.05, 0.1) is 15.7 Å². The third kappa shape index (κ3) is 2.54. The van der Waals surface area contributed by atoms with Crippen LogP contribution in [0.25, 0.3) is 11.0 Å². The van der Waals surface area contributed by atoms with Crippen molar-refractivity contribution < 1.29 is 9.15 Å². The highest BCUT2D eigenvalue weighted by atomic mass is 35.5. The number of benzene rings is 2. The summed E-state index contributed by atoms with van der Waals surface area (Å²) in [7, 11) is 0. The molecule has 6 heteroatoms. The van der Waals surface area contributed by atoms with Gasteiger partial charge >= 0.3 is 5.63 Å². The molecular weight excluding hydrogens is 385 g/mol. The molecule has 2 aromatic carbocycles. The van der Waals surface area contributed by atoms with E-state index in [9.17, 15) is 4.79 Å². The lowest BCUT2D eigenvalue weighted by Gasteiger charge is -2.32. The second-order valence-corrected chi connectivity index (χ2v) is 7.90. The van der Waals surface area contributed by atoms with Crippen molar-refractivity contribution in [2.45, 2.75) is 32.7 Å². The van der Waals surface area contributed by atoms with Crippen LogP contribution in [-0.2, 0) is 19.4 Å². The van der Waals surface area contributed by atoms with Crippen LogP contribution >= 0.6 is 23.2 Å². The molecule has 27 heavy (non-hydrogen) atoms. The van der Waals surface area contributed by atoms with Gasteiger partial charge in [0.1, 0.15) is 11.3 Å².